The summed E-state index contributed by atoms with van der Waals surface area (Å²) in [6.07, 6.45) is 0.975. The lowest BCUT2D eigenvalue weighted by Crippen LogP contribution is -2.02. The van der Waals surface area contributed by atoms with Crippen LogP contribution in [0.2, 0.25) is 0 Å². The van der Waals surface area contributed by atoms with Crippen molar-refractivity contribution in [2.45, 2.75) is 19.9 Å². The Kier molecular flexibility index (Phi) is 5.95. The number of nitrogens with one attached hydrogen (secondary N) is 1. The smallest absolute Gasteiger partial charge is 0.161 e. The zero-order valence-corrected chi connectivity index (χ0v) is 13.4. The summed E-state index contributed by atoms with van der Waals surface area (Å²) in [5.74, 6) is 2.39. The number of methoxy groups -OCH3 is 2. The molecule has 0 saturated heterocycles. The van der Waals surface area contributed by atoms with Crippen LogP contribution in [0.1, 0.15) is 18.9 Å². The molecule has 2 aromatic rings. The molecule has 0 aliphatic carbocycles. The van der Waals surface area contributed by atoms with Gasteiger partial charge in [0.2, 0.25) is 0 Å². The largest absolute Gasteiger partial charge is 0.497 e. The summed E-state index contributed by atoms with van der Waals surface area (Å²) >= 11 is 0. The Morgan fingerprint density at radius 2 is 1.82 bits per heavy atom. The standard InChI is InChI=1S/C18H23NO3/c1-4-10-22-17-9-8-14(11-18(17)21-3)13-19-15-6-5-7-16(12-15)20-2/h5-9,11-12,19H,4,10,13H2,1-3H3. The summed E-state index contributed by atoms with van der Waals surface area (Å²) in [5, 5.41) is 3.37. The van der Waals surface area contributed by atoms with Crippen molar-refractivity contribution < 1.29 is 14.2 Å². The normalized spacial score (nSPS) is 10.1. The molecule has 4 heteroatoms. The van der Waals surface area contributed by atoms with Crippen molar-refractivity contribution in [1.82, 2.24) is 0 Å². The summed E-state index contributed by atoms with van der Waals surface area (Å²) in [6.45, 7) is 3.48. The highest BCUT2D eigenvalue weighted by atomic mass is 16.5. The number of rotatable bonds is 8. The molecule has 1 N–H and O–H groups in total. The monoisotopic (exact) mass is 301 g/mol. The molecule has 0 atom stereocenters. The van der Waals surface area contributed by atoms with Gasteiger partial charge in [0.15, 0.2) is 11.5 Å². The van der Waals surface area contributed by atoms with Gasteiger partial charge in [-0.25, -0.2) is 0 Å². The van der Waals surface area contributed by atoms with Gasteiger partial charge >= 0.3 is 0 Å². The zero-order chi connectivity index (χ0) is 15.8. The second-order valence-electron chi connectivity index (χ2n) is 4.92. The quantitative estimate of drug-likeness (QED) is 0.796. The van der Waals surface area contributed by atoms with Gasteiger partial charge in [0.25, 0.3) is 0 Å². The molecule has 0 aliphatic rings. The van der Waals surface area contributed by atoms with E-state index in [0.717, 1.165) is 34.9 Å². The van der Waals surface area contributed by atoms with Crippen LogP contribution < -0.4 is 19.5 Å². The lowest BCUT2D eigenvalue weighted by Gasteiger charge is -2.13. The van der Waals surface area contributed by atoms with Gasteiger partial charge in [-0.2, -0.15) is 0 Å². The number of anilines is 1. The lowest BCUT2D eigenvalue weighted by atomic mass is 10.2. The van der Waals surface area contributed by atoms with Crippen molar-refractivity contribution in [1.29, 1.82) is 0 Å². The van der Waals surface area contributed by atoms with Crippen molar-refractivity contribution in [2.75, 3.05) is 26.1 Å². The highest BCUT2D eigenvalue weighted by Gasteiger charge is 2.05. The Morgan fingerprint density at radius 1 is 0.955 bits per heavy atom. The van der Waals surface area contributed by atoms with E-state index in [2.05, 4.69) is 12.2 Å². The molecule has 2 aromatic carbocycles. The third kappa shape index (κ3) is 4.32. The molecule has 2 rings (SSSR count). The first-order valence-electron chi connectivity index (χ1n) is 7.44. The van der Waals surface area contributed by atoms with Crippen LogP contribution in [0.3, 0.4) is 0 Å². The van der Waals surface area contributed by atoms with Crippen LogP contribution in [-0.2, 0) is 6.54 Å². The Morgan fingerprint density at radius 3 is 2.55 bits per heavy atom. The van der Waals surface area contributed by atoms with E-state index in [-0.39, 0.29) is 0 Å². The van der Waals surface area contributed by atoms with Crippen molar-refractivity contribution in [3.05, 3.63) is 48.0 Å². The second kappa shape index (κ2) is 8.17. The number of benzene rings is 2. The van der Waals surface area contributed by atoms with Crippen LogP contribution in [0.5, 0.6) is 17.2 Å². The van der Waals surface area contributed by atoms with Crippen LogP contribution in [0.4, 0.5) is 5.69 Å². The van der Waals surface area contributed by atoms with E-state index in [1.807, 2.05) is 42.5 Å². The maximum atomic E-state index is 5.66. The van der Waals surface area contributed by atoms with E-state index in [9.17, 15) is 0 Å². The maximum absolute atomic E-state index is 5.66. The minimum Gasteiger partial charge on any atom is -0.497 e. The fourth-order valence-corrected chi connectivity index (χ4v) is 2.09. The first kappa shape index (κ1) is 16.0. The maximum Gasteiger partial charge on any atom is 0.161 e. The predicted molar refractivity (Wildman–Crippen MR) is 89.1 cm³/mol. The highest BCUT2D eigenvalue weighted by molar-refractivity contribution is 5.49. The van der Waals surface area contributed by atoms with Crippen LogP contribution >= 0.6 is 0 Å². The first-order chi connectivity index (χ1) is 10.8. The van der Waals surface area contributed by atoms with E-state index >= 15 is 0 Å². The fraction of sp³-hybridized carbons (Fsp3) is 0.333. The van der Waals surface area contributed by atoms with Gasteiger partial charge in [-0.15, -0.1) is 0 Å². The third-order valence-electron chi connectivity index (χ3n) is 3.26. The third-order valence-corrected chi connectivity index (χ3v) is 3.26. The Hall–Kier alpha value is -2.36. The minimum absolute atomic E-state index is 0.692. The molecule has 0 saturated carbocycles. The van der Waals surface area contributed by atoms with E-state index in [4.69, 9.17) is 14.2 Å². The Balaban J connectivity index is 2.03. The average Bonchev–Trinajstić information content (AvgIpc) is 2.58. The molecular formula is C18H23NO3. The molecule has 118 valence electrons. The molecule has 0 aromatic heterocycles. The van der Waals surface area contributed by atoms with Crippen LogP contribution in [0, 0.1) is 0 Å². The van der Waals surface area contributed by atoms with E-state index in [1.165, 1.54) is 0 Å². The zero-order valence-electron chi connectivity index (χ0n) is 13.4. The molecule has 22 heavy (non-hydrogen) atoms. The molecule has 0 aliphatic heterocycles. The van der Waals surface area contributed by atoms with Crippen LogP contribution in [0.15, 0.2) is 42.5 Å². The number of hydrogen-bond acceptors (Lipinski definition) is 4. The molecule has 0 bridgehead atoms. The van der Waals surface area contributed by atoms with E-state index in [1.54, 1.807) is 14.2 Å². The molecule has 0 heterocycles. The van der Waals surface area contributed by atoms with Gasteiger partial charge in [0.05, 0.1) is 20.8 Å². The van der Waals surface area contributed by atoms with Crippen molar-refractivity contribution in [3.8, 4) is 17.2 Å². The number of hydrogen-bond donors (Lipinski definition) is 1. The minimum atomic E-state index is 0.692. The molecule has 0 radical (unpaired) electrons. The van der Waals surface area contributed by atoms with Crippen molar-refractivity contribution in [3.63, 3.8) is 0 Å². The molecule has 0 fully saturated rings. The van der Waals surface area contributed by atoms with Crippen molar-refractivity contribution >= 4 is 5.69 Å². The summed E-state index contributed by atoms with van der Waals surface area (Å²) in [5.41, 5.74) is 2.15. The van der Waals surface area contributed by atoms with Gasteiger partial charge in [0, 0.05) is 18.3 Å². The Labute approximate surface area is 132 Å². The Bertz CT molecular complexity index is 599. The molecule has 0 amide bonds. The summed E-state index contributed by atoms with van der Waals surface area (Å²) in [7, 11) is 3.33. The topological polar surface area (TPSA) is 39.7 Å². The molecule has 0 spiro atoms. The first-order valence-corrected chi connectivity index (χ1v) is 7.44. The fourth-order valence-electron chi connectivity index (χ4n) is 2.09. The van der Waals surface area contributed by atoms with Gasteiger partial charge in [-0.05, 0) is 36.2 Å². The second-order valence-corrected chi connectivity index (χ2v) is 4.92. The number of ether oxygens (including phenoxy) is 3. The summed E-state index contributed by atoms with van der Waals surface area (Å²) < 4.78 is 16.3. The van der Waals surface area contributed by atoms with Gasteiger partial charge in [-0.3, -0.25) is 0 Å². The lowest BCUT2D eigenvalue weighted by molar-refractivity contribution is 0.294. The van der Waals surface area contributed by atoms with Crippen LogP contribution in [-0.4, -0.2) is 20.8 Å². The molecule has 4 nitrogen and oxygen atoms in total. The summed E-state index contributed by atoms with van der Waals surface area (Å²) in [4.78, 5) is 0. The predicted octanol–water partition coefficient (Wildman–Crippen LogP) is 4.10. The van der Waals surface area contributed by atoms with Crippen molar-refractivity contribution in [2.24, 2.45) is 0 Å². The average molecular weight is 301 g/mol. The molecule has 0 unspecified atom stereocenters. The van der Waals surface area contributed by atoms with Gasteiger partial charge in [0.1, 0.15) is 5.75 Å². The van der Waals surface area contributed by atoms with Gasteiger partial charge in [-0.1, -0.05) is 19.1 Å². The highest BCUT2D eigenvalue weighted by Crippen LogP contribution is 2.28. The van der Waals surface area contributed by atoms with Gasteiger partial charge < -0.3 is 19.5 Å². The van der Waals surface area contributed by atoms with Crippen LogP contribution in [0.25, 0.3) is 0 Å². The van der Waals surface area contributed by atoms with E-state index in [0.29, 0.717) is 13.2 Å². The molecular weight excluding hydrogens is 278 g/mol. The SMILES string of the molecule is CCCOc1ccc(CNc2cccc(OC)c2)cc1OC. The summed E-state index contributed by atoms with van der Waals surface area (Å²) in [6, 6.07) is 13.9. The van der Waals surface area contributed by atoms with E-state index < -0.39 is 0 Å².